The van der Waals surface area contributed by atoms with Crippen molar-refractivity contribution < 1.29 is 19.8 Å². The molecule has 1 aromatic heterocycles. The number of hydrogen-bond acceptors (Lipinski definition) is 4. The maximum Gasteiger partial charge on any atom is 0.308 e. The molecule has 1 fully saturated rings. The Labute approximate surface area is 120 Å². The van der Waals surface area contributed by atoms with Crippen LogP contribution in [0.25, 0.3) is 0 Å². The summed E-state index contributed by atoms with van der Waals surface area (Å²) < 4.78 is 1.72. The Morgan fingerprint density at radius 1 is 1.40 bits per heavy atom. The highest BCUT2D eigenvalue weighted by atomic mass is 35.5. The van der Waals surface area contributed by atoms with Crippen LogP contribution in [0.4, 0.5) is 0 Å². The number of carboxylic acid groups (broad SMARTS) is 2. The highest BCUT2D eigenvalue weighted by Gasteiger charge is 2.38. The van der Waals surface area contributed by atoms with E-state index in [0.29, 0.717) is 24.7 Å². The summed E-state index contributed by atoms with van der Waals surface area (Å²) in [5, 5.41) is 18.7. The van der Waals surface area contributed by atoms with Crippen LogP contribution in [0.5, 0.6) is 0 Å². The maximum atomic E-state index is 11.2. The SMILES string of the molecule is Cn1c(Cl)cnc1CN1CCC(C(=O)O)C(C(=O)O)C1. The van der Waals surface area contributed by atoms with Crippen molar-refractivity contribution in [2.24, 2.45) is 18.9 Å². The van der Waals surface area contributed by atoms with Gasteiger partial charge >= 0.3 is 11.9 Å². The Bertz CT molecular complexity index is 531. The topological polar surface area (TPSA) is 95.7 Å². The van der Waals surface area contributed by atoms with E-state index >= 15 is 0 Å². The van der Waals surface area contributed by atoms with Gasteiger partial charge in [0.2, 0.25) is 0 Å². The molecule has 0 saturated carbocycles. The normalized spacial score (nSPS) is 23.7. The van der Waals surface area contributed by atoms with E-state index in [1.54, 1.807) is 11.6 Å². The number of hydrogen-bond donors (Lipinski definition) is 2. The Morgan fingerprint density at radius 2 is 2.05 bits per heavy atom. The molecule has 8 heteroatoms. The van der Waals surface area contributed by atoms with Gasteiger partial charge in [0.15, 0.2) is 0 Å². The average molecular weight is 302 g/mol. The van der Waals surface area contributed by atoms with Crippen LogP contribution in [0.2, 0.25) is 5.15 Å². The van der Waals surface area contributed by atoms with E-state index in [1.807, 2.05) is 4.90 Å². The molecule has 0 aliphatic carbocycles. The molecule has 1 aromatic rings. The van der Waals surface area contributed by atoms with E-state index in [1.165, 1.54) is 6.20 Å². The van der Waals surface area contributed by atoms with Gasteiger partial charge in [0.05, 0.1) is 24.6 Å². The fourth-order valence-electron chi connectivity index (χ4n) is 2.48. The van der Waals surface area contributed by atoms with Gasteiger partial charge in [-0.2, -0.15) is 0 Å². The second-order valence-electron chi connectivity index (χ2n) is 4.97. The predicted octanol–water partition coefficient (Wildman–Crippen LogP) is 0.681. The molecular formula is C12H16ClN3O4. The van der Waals surface area contributed by atoms with Gasteiger partial charge in [-0.15, -0.1) is 0 Å². The smallest absolute Gasteiger partial charge is 0.308 e. The minimum absolute atomic E-state index is 0.205. The molecule has 0 amide bonds. The molecule has 1 aliphatic rings. The van der Waals surface area contributed by atoms with Gasteiger partial charge in [0.1, 0.15) is 11.0 Å². The molecule has 7 nitrogen and oxygen atoms in total. The first-order valence-electron chi connectivity index (χ1n) is 6.24. The molecule has 2 N–H and O–H groups in total. The number of rotatable bonds is 4. The summed E-state index contributed by atoms with van der Waals surface area (Å²) in [6.07, 6.45) is 1.86. The Kier molecular flexibility index (Phi) is 4.29. The number of likely N-dealkylation sites (tertiary alicyclic amines) is 1. The number of aromatic nitrogens is 2. The van der Waals surface area contributed by atoms with Crippen LogP contribution in [-0.2, 0) is 23.2 Å². The second kappa shape index (κ2) is 5.80. The summed E-state index contributed by atoms with van der Waals surface area (Å²) in [5.41, 5.74) is 0. The lowest BCUT2D eigenvalue weighted by Crippen LogP contribution is -2.46. The van der Waals surface area contributed by atoms with E-state index < -0.39 is 23.8 Å². The van der Waals surface area contributed by atoms with E-state index in [-0.39, 0.29) is 6.54 Å². The molecule has 0 bridgehead atoms. The average Bonchev–Trinajstić information content (AvgIpc) is 2.70. The Balaban J connectivity index is 2.07. The largest absolute Gasteiger partial charge is 0.481 e. The highest BCUT2D eigenvalue weighted by molar-refractivity contribution is 6.29. The van der Waals surface area contributed by atoms with E-state index in [4.69, 9.17) is 21.8 Å². The van der Waals surface area contributed by atoms with E-state index in [0.717, 1.165) is 5.82 Å². The zero-order valence-corrected chi connectivity index (χ0v) is 11.7. The van der Waals surface area contributed by atoms with Gasteiger partial charge in [-0.05, 0) is 13.0 Å². The van der Waals surface area contributed by atoms with Crippen LogP contribution in [-0.4, -0.2) is 49.7 Å². The molecular weight excluding hydrogens is 286 g/mol. The van der Waals surface area contributed by atoms with Crippen LogP contribution in [0.15, 0.2) is 6.20 Å². The summed E-state index contributed by atoms with van der Waals surface area (Å²) in [6, 6.07) is 0. The van der Waals surface area contributed by atoms with Crippen LogP contribution in [0.1, 0.15) is 12.2 Å². The third-order valence-corrected chi connectivity index (χ3v) is 4.08. The summed E-state index contributed by atoms with van der Waals surface area (Å²) in [7, 11) is 1.78. The highest BCUT2D eigenvalue weighted by Crippen LogP contribution is 2.25. The third kappa shape index (κ3) is 2.94. The van der Waals surface area contributed by atoms with Crippen molar-refractivity contribution >= 4 is 23.5 Å². The van der Waals surface area contributed by atoms with Crippen LogP contribution < -0.4 is 0 Å². The van der Waals surface area contributed by atoms with Crippen molar-refractivity contribution in [1.82, 2.24) is 14.5 Å². The molecule has 2 unspecified atom stereocenters. The number of piperidine rings is 1. The van der Waals surface area contributed by atoms with E-state index in [2.05, 4.69) is 4.98 Å². The molecule has 110 valence electrons. The molecule has 2 rings (SSSR count). The van der Waals surface area contributed by atoms with Crippen molar-refractivity contribution in [1.29, 1.82) is 0 Å². The Morgan fingerprint density at radius 3 is 2.55 bits per heavy atom. The van der Waals surface area contributed by atoms with Gasteiger partial charge in [0, 0.05) is 13.6 Å². The molecule has 2 heterocycles. The molecule has 1 aliphatic heterocycles. The van der Waals surface area contributed by atoms with Crippen molar-refractivity contribution in [2.75, 3.05) is 13.1 Å². The minimum Gasteiger partial charge on any atom is -0.481 e. The van der Waals surface area contributed by atoms with Gasteiger partial charge in [-0.1, -0.05) is 11.6 Å². The van der Waals surface area contributed by atoms with Gasteiger partial charge in [-0.25, -0.2) is 4.98 Å². The van der Waals surface area contributed by atoms with Crippen molar-refractivity contribution in [3.05, 3.63) is 17.2 Å². The number of carboxylic acids is 2. The summed E-state index contributed by atoms with van der Waals surface area (Å²) in [6.45, 7) is 1.20. The summed E-state index contributed by atoms with van der Waals surface area (Å²) in [5.74, 6) is -3.10. The zero-order valence-electron chi connectivity index (χ0n) is 11.0. The molecule has 1 saturated heterocycles. The van der Waals surface area contributed by atoms with E-state index in [9.17, 15) is 9.59 Å². The van der Waals surface area contributed by atoms with Crippen molar-refractivity contribution in [2.45, 2.75) is 13.0 Å². The lowest BCUT2D eigenvalue weighted by molar-refractivity contribution is -0.157. The zero-order chi connectivity index (χ0) is 14.9. The number of carbonyl (C=O) groups is 2. The quantitative estimate of drug-likeness (QED) is 0.849. The fourth-order valence-corrected chi connectivity index (χ4v) is 2.63. The molecule has 0 aromatic carbocycles. The summed E-state index contributed by atoms with van der Waals surface area (Å²) >= 11 is 5.90. The molecule has 0 spiro atoms. The predicted molar refractivity (Wildman–Crippen MR) is 70.4 cm³/mol. The van der Waals surface area contributed by atoms with Crippen molar-refractivity contribution in [3.63, 3.8) is 0 Å². The minimum atomic E-state index is -1.07. The first-order chi connectivity index (χ1) is 9.40. The lowest BCUT2D eigenvalue weighted by Gasteiger charge is -2.34. The molecule has 20 heavy (non-hydrogen) atoms. The monoisotopic (exact) mass is 301 g/mol. The third-order valence-electron chi connectivity index (χ3n) is 3.72. The number of aliphatic carboxylic acids is 2. The summed E-state index contributed by atoms with van der Waals surface area (Å²) in [4.78, 5) is 28.3. The number of nitrogens with zero attached hydrogens (tertiary/aromatic N) is 3. The van der Waals surface area contributed by atoms with Crippen molar-refractivity contribution in [3.8, 4) is 0 Å². The lowest BCUT2D eigenvalue weighted by atomic mass is 9.85. The molecule has 2 atom stereocenters. The standard InChI is InChI=1S/C12H16ClN3O4/c1-15-9(13)4-14-10(15)6-16-3-2-7(11(17)18)8(5-16)12(19)20/h4,7-8H,2-3,5-6H2,1H3,(H,17,18)(H,19,20). The van der Waals surface area contributed by atoms with Crippen LogP contribution >= 0.6 is 11.6 Å². The Hall–Kier alpha value is -1.60. The van der Waals surface area contributed by atoms with Gasteiger partial charge in [0.25, 0.3) is 0 Å². The second-order valence-corrected chi connectivity index (χ2v) is 5.36. The van der Waals surface area contributed by atoms with Gasteiger partial charge < -0.3 is 14.8 Å². The number of halogens is 1. The maximum absolute atomic E-state index is 11.2. The van der Waals surface area contributed by atoms with Gasteiger partial charge in [-0.3, -0.25) is 14.5 Å². The van der Waals surface area contributed by atoms with Crippen LogP contribution in [0.3, 0.4) is 0 Å². The fraction of sp³-hybridized carbons (Fsp3) is 0.583. The molecule has 0 radical (unpaired) electrons. The first kappa shape index (κ1) is 14.8. The van der Waals surface area contributed by atoms with Crippen LogP contribution in [0, 0.1) is 11.8 Å². The number of imidazole rings is 1. The first-order valence-corrected chi connectivity index (χ1v) is 6.62.